The number of aliphatic hydroxyl groups is 1. The first-order valence-corrected chi connectivity index (χ1v) is 7.10. The maximum Gasteiger partial charge on any atom is 0.118 e. The van der Waals surface area contributed by atoms with Crippen molar-refractivity contribution in [2.24, 2.45) is 0 Å². The molecule has 112 valence electrons. The topological polar surface area (TPSA) is 38.7 Å². The van der Waals surface area contributed by atoms with E-state index in [0.29, 0.717) is 6.42 Å². The molecule has 1 N–H and O–H groups in total. The van der Waals surface area contributed by atoms with Gasteiger partial charge < -0.3 is 14.6 Å². The predicted octanol–water partition coefficient (Wildman–Crippen LogP) is 3.93. The Bertz CT molecular complexity index is 494. The Morgan fingerprint density at radius 1 is 0.810 bits per heavy atom. The largest absolute Gasteiger partial charge is 0.497 e. The number of rotatable bonds is 6. The van der Waals surface area contributed by atoms with Gasteiger partial charge >= 0.3 is 0 Å². The second-order valence-electron chi connectivity index (χ2n) is 5.20. The molecule has 0 aliphatic heterocycles. The zero-order valence-electron chi connectivity index (χ0n) is 12.7. The van der Waals surface area contributed by atoms with Crippen LogP contribution >= 0.6 is 0 Å². The van der Waals surface area contributed by atoms with Gasteiger partial charge in [0.05, 0.1) is 20.3 Å². The van der Waals surface area contributed by atoms with E-state index >= 15 is 0 Å². The van der Waals surface area contributed by atoms with Crippen molar-refractivity contribution < 1.29 is 14.6 Å². The highest BCUT2D eigenvalue weighted by Gasteiger charge is 2.14. The van der Waals surface area contributed by atoms with Crippen LogP contribution in [0.25, 0.3) is 0 Å². The molecule has 3 heteroatoms. The minimum Gasteiger partial charge on any atom is -0.497 e. The average molecular weight is 286 g/mol. The molecule has 0 aliphatic rings. The molecule has 0 bridgehead atoms. The van der Waals surface area contributed by atoms with Crippen molar-refractivity contribution >= 4 is 0 Å². The summed E-state index contributed by atoms with van der Waals surface area (Å²) in [6, 6.07) is 15.5. The van der Waals surface area contributed by atoms with Crippen LogP contribution in [-0.4, -0.2) is 19.3 Å². The Morgan fingerprint density at radius 2 is 1.24 bits per heavy atom. The van der Waals surface area contributed by atoms with Crippen LogP contribution in [0.1, 0.15) is 36.5 Å². The zero-order valence-corrected chi connectivity index (χ0v) is 12.7. The number of benzene rings is 2. The quantitative estimate of drug-likeness (QED) is 0.874. The monoisotopic (exact) mass is 286 g/mol. The summed E-state index contributed by atoms with van der Waals surface area (Å²) >= 11 is 0. The lowest BCUT2D eigenvalue weighted by molar-refractivity contribution is 0.159. The van der Waals surface area contributed by atoms with Gasteiger partial charge in [-0.1, -0.05) is 31.2 Å². The van der Waals surface area contributed by atoms with Crippen LogP contribution in [0.3, 0.4) is 0 Å². The molecule has 0 aromatic heterocycles. The van der Waals surface area contributed by atoms with E-state index in [0.717, 1.165) is 17.1 Å². The summed E-state index contributed by atoms with van der Waals surface area (Å²) in [5.41, 5.74) is 2.11. The average Bonchev–Trinajstić information content (AvgIpc) is 2.55. The highest BCUT2D eigenvalue weighted by atomic mass is 16.5. The molecule has 0 saturated carbocycles. The van der Waals surface area contributed by atoms with E-state index in [-0.39, 0.29) is 5.92 Å². The Morgan fingerprint density at radius 3 is 1.67 bits per heavy atom. The molecule has 0 saturated heterocycles. The molecule has 2 unspecified atom stereocenters. The fraction of sp³-hybridized carbons (Fsp3) is 0.333. The molecule has 0 fully saturated rings. The van der Waals surface area contributed by atoms with Crippen LogP contribution < -0.4 is 9.47 Å². The van der Waals surface area contributed by atoms with E-state index < -0.39 is 6.10 Å². The van der Waals surface area contributed by atoms with Crippen molar-refractivity contribution in [1.29, 1.82) is 0 Å². The number of methoxy groups -OCH3 is 2. The van der Waals surface area contributed by atoms with Crippen LogP contribution in [0.15, 0.2) is 48.5 Å². The van der Waals surface area contributed by atoms with Crippen LogP contribution in [0, 0.1) is 0 Å². The van der Waals surface area contributed by atoms with Gasteiger partial charge in [0.25, 0.3) is 0 Å². The SMILES string of the molecule is COc1ccc(C(C)CC(O)c2ccc(OC)cc2)cc1. The molecule has 0 aliphatic carbocycles. The minimum atomic E-state index is -0.479. The summed E-state index contributed by atoms with van der Waals surface area (Å²) in [6.45, 7) is 2.12. The molecule has 0 spiro atoms. The zero-order chi connectivity index (χ0) is 15.2. The first-order valence-electron chi connectivity index (χ1n) is 7.10. The summed E-state index contributed by atoms with van der Waals surface area (Å²) in [6.07, 6.45) is 0.201. The standard InChI is InChI=1S/C18H22O3/c1-13(14-4-8-16(20-2)9-5-14)12-18(19)15-6-10-17(21-3)11-7-15/h4-11,13,18-19H,12H2,1-3H3. The molecule has 0 amide bonds. The number of aliphatic hydroxyl groups excluding tert-OH is 1. The lowest BCUT2D eigenvalue weighted by Crippen LogP contribution is -2.03. The minimum absolute atomic E-state index is 0.271. The third-order valence-electron chi connectivity index (χ3n) is 3.76. The van der Waals surface area contributed by atoms with Gasteiger partial charge in [0.1, 0.15) is 11.5 Å². The normalized spacial score (nSPS) is 13.5. The Labute approximate surface area is 126 Å². The molecule has 0 radical (unpaired) electrons. The van der Waals surface area contributed by atoms with Crippen molar-refractivity contribution in [3.05, 3.63) is 59.7 Å². The second kappa shape index (κ2) is 7.14. The van der Waals surface area contributed by atoms with Gasteiger partial charge in [-0.15, -0.1) is 0 Å². The van der Waals surface area contributed by atoms with Gasteiger partial charge in [0, 0.05) is 0 Å². The third kappa shape index (κ3) is 3.99. The third-order valence-corrected chi connectivity index (χ3v) is 3.76. The van der Waals surface area contributed by atoms with E-state index in [2.05, 4.69) is 6.92 Å². The molecule has 2 atom stereocenters. The molecule has 2 aromatic carbocycles. The summed E-state index contributed by atoms with van der Waals surface area (Å²) < 4.78 is 10.3. The van der Waals surface area contributed by atoms with Gasteiger partial charge in [0.2, 0.25) is 0 Å². The molecule has 3 nitrogen and oxygen atoms in total. The smallest absolute Gasteiger partial charge is 0.118 e. The van der Waals surface area contributed by atoms with Crippen molar-refractivity contribution in [3.63, 3.8) is 0 Å². The summed E-state index contributed by atoms with van der Waals surface area (Å²) in [7, 11) is 3.29. The number of hydrogen-bond donors (Lipinski definition) is 1. The van der Waals surface area contributed by atoms with Gasteiger partial charge in [0.15, 0.2) is 0 Å². The highest BCUT2D eigenvalue weighted by molar-refractivity contribution is 5.31. The molecular formula is C18H22O3. The van der Waals surface area contributed by atoms with Crippen molar-refractivity contribution in [1.82, 2.24) is 0 Å². The first-order chi connectivity index (χ1) is 10.1. The second-order valence-corrected chi connectivity index (χ2v) is 5.20. The molecule has 2 rings (SSSR count). The molecule has 21 heavy (non-hydrogen) atoms. The van der Waals surface area contributed by atoms with Gasteiger partial charge in [-0.05, 0) is 47.7 Å². The van der Waals surface area contributed by atoms with E-state index in [9.17, 15) is 5.11 Å². The fourth-order valence-electron chi connectivity index (χ4n) is 2.37. The van der Waals surface area contributed by atoms with E-state index in [1.165, 1.54) is 5.56 Å². The van der Waals surface area contributed by atoms with E-state index in [1.54, 1.807) is 14.2 Å². The number of ether oxygens (including phenoxy) is 2. The van der Waals surface area contributed by atoms with E-state index in [4.69, 9.17) is 9.47 Å². The van der Waals surface area contributed by atoms with Gasteiger partial charge in [-0.2, -0.15) is 0 Å². The Hall–Kier alpha value is -2.00. The first kappa shape index (κ1) is 15.4. The fourth-order valence-corrected chi connectivity index (χ4v) is 2.37. The molecule has 2 aromatic rings. The van der Waals surface area contributed by atoms with Gasteiger partial charge in [-0.3, -0.25) is 0 Å². The van der Waals surface area contributed by atoms with Crippen molar-refractivity contribution in [2.75, 3.05) is 14.2 Å². The van der Waals surface area contributed by atoms with E-state index in [1.807, 2.05) is 48.5 Å². The van der Waals surface area contributed by atoms with Gasteiger partial charge in [-0.25, -0.2) is 0 Å². The van der Waals surface area contributed by atoms with Crippen molar-refractivity contribution in [2.45, 2.75) is 25.4 Å². The summed E-state index contributed by atoms with van der Waals surface area (Å²) in [4.78, 5) is 0. The molecular weight excluding hydrogens is 264 g/mol. The Kier molecular flexibility index (Phi) is 5.23. The summed E-state index contributed by atoms with van der Waals surface area (Å²) in [5.74, 6) is 1.92. The molecule has 0 heterocycles. The lowest BCUT2D eigenvalue weighted by atomic mass is 9.92. The van der Waals surface area contributed by atoms with Crippen LogP contribution in [0.5, 0.6) is 11.5 Å². The Balaban J connectivity index is 2.01. The maximum absolute atomic E-state index is 10.4. The van der Waals surface area contributed by atoms with Crippen molar-refractivity contribution in [3.8, 4) is 11.5 Å². The van der Waals surface area contributed by atoms with Crippen LogP contribution in [0.2, 0.25) is 0 Å². The maximum atomic E-state index is 10.4. The highest BCUT2D eigenvalue weighted by Crippen LogP contribution is 2.29. The lowest BCUT2D eigenvalue weighted by Gasteiger charge is -2.17. The number of hydrogen-bond acceptors (Lipinski definition) is 3. The van der Waals surface area contributed by atoms with Crippen LogP contribution in [0.4, 0.5) is 0 Å². The predicted molar refractivity (Wildman–Crippen MR) is 84.0 cm³/mol. The van der Waals surface area contributed by atoms with Crippen LogP contribution in [-0.2, 0) is 0 Å². The summed E-state index contributed by atoms with van der Waals surface area (Å²) in [5, 5.41) is 10.4.